The van der Waals surface area contributed by atoms with Crippen molar-refractivity contribution in [1.82, 2.24) is 15.6 Å². The van der Waals surface area contributed by atoms with E-state index >= 15 is 0 Å². The summed E-state index contributed by atoms with van der Waals surface area (Å²) in [5.41, 5.74) is 1.14. The van der Waals surface area contributed by atoms with Crippen molar-refractivity contribution < 1.29 is 0 Å². The molecule has 2 heterocycles. The minimum Gasteiger partial charge on any atom is -0.362 e. The Balaban J connectivity index is 1.91. The molecule has 0 spiro atoms. The molecular formula is C15H21N5S. The van der Waals surface area contributed by atoms with Crippen molar-refractivity contribution >= 4 is 23.1 Å². The summed E-state index contributed by atoms with van der Waals surface area (Å²) in [6.07, 6.45) is 1.81. The molecule has 0 saturated heterocycles. The van der Waals surface area contributed by atoms with Gasteiger partial charge in [-0.1, -0.05) is 12.1 Å². The zero-order valence-electron chi connectivity index (χ0n) is 12.6. The van der Waals surface area contributed by atoms with Gasteiger partial charge < -0.3 is 15.5 Å². The summed E-state index contributed by atoms with van der Waals surface area (Å²) in [6.45, 7) is 1.47. The maximum Gasteiger partial charge on any atom is 0.191 e. The number of nitrogens with zero attached hydrogens (tertiary/aromatic N) is 3. The molecular weight excluding hydrogens is 282 g/mol. The lowest BCUT2D eigenvalue weighted by Crippen LogP contribution is -2.36. The summed E-state index contributed by atoms with van der Waals surface area (Å²) in [7, 11) is 5.77. The van der Waals surface area contributed by atoms with E-state index in [-0.39, 0.29) is 0 Å². The number of pyridine rings is 1. The lowest BCUT2D eigenvalue weighted by atomic mass is 10.2. The zero-order valence-corrected chi connectivity index (χ0v) is 13.4. The number of thiophene rings is 1. The van der Waals surface area contributed by atoms with E-state index in [0.717, 1.165) is 23.9 Å². The fraction of sp³-hybridized carbons (Fsp3) is 0.333. The van der Waals surface area contributed by atoms with E-state index in [1.807, 2.05) is 31.3 Å². The van der Waals surface area contributed by atoms with E-state index in [0.29, 0.717) is 6.54 Å². The van der Waals surface area contributed by atoms with Crippen molar-refractivity contribution in [3.63, 3.8) is 0 Å². The number of aliphatic imine (C=N–C) groups is 1. The van der Waals surface area contributed by atoms with E-state index in [1.165, 1.54) is 4.88 Å². The summed E-state index contributed by atoms with van der Waals surface area (Å²) < 4.78 is 0. The molecule has 0 atom stereocenters. The number of anilines is 1. The lowest BCUT2D eigenvalue weighted by Gasteiger charge is -2.17. The number of aromatic nitrogens is 1. The van der Waals surface area contributed by atoms with E-state index in [1.54, 1.807) is 18.4 Å². The van der Waals surface area contributed by atoms with Gasteiger partial charge in [0.05, 0.1) is 6.54 Å². The number of nitrogens with one attached hydrogen (secondary N) is 2. The third-order valence-electron chi connectivity index (χ3n) is 2.97. The van der Waals surface area contributed by atoms with E-state index < -0.39 is 0 Å². The molecule has 0 aliphatic carbocycles. The summed E-state index contributed by atoms with van der Waals surface area (Å²) in [6, 6.07) is 8.18. The van der Waals surface area contributed by atoms with Crippen LogP contribution in [-0.4, -0.2) is 32.1 Å². The van der Waals surface area contributed by atoms with Crippen LogP contribution in [-0.2, 0) is 13.1 Å². The van der Waals surface area contributed by atoms with E-state index in [2.05, 4.69) is 44.2 Å². The summed E-state index contributed by atoms with van der Waals surface area (Å²) in [5, 5.41) is 8.70. The summed E-state index contributed by atoms with van der Waals surface area (Å²) in [5.74, 6) is 1.76. The quantitative estimate of drug-likeness (QED) is 0.656. The van der Waals surface area contributed by atoms with Crippen LogP contribution in [0.1, 0.15) is 10.4 Å². The average molecular weight is 303 g/mol. The SMILES string of the molecule is CN=C(NCc1cccs1)NCc1cccnc1N(C)C. The van der Waals surface area contributed by atoms with Crippen molar-refractivity contribution in [2.75, 3.05) is 26.0 Å². The molecule has 5 nitrogen and oxygen atoms in total. The lowest BCUT2D eigenvalue weighted by molar-refractivity contribution is 0.810. The predicted octanol–water partition coefficient (Wildman–Crippen LogP) is 2.07. The summed E-state index contributed by atoms with van der Waals surface area (Å²) in [4.78, 5) is 11.9. The largest absolute Gasteiger partial charge is 0.362 e. The van der Waals surface area contributed by atoms with Gasteiger partial charge in [0.25, 0.3) is 0 Å². The molecule has 0 amide bonds. The maximum absolute atomic E-state index is 4.40. The molecule has 112 valence electrons. The van der Waals surface area contributed by atoms with Crippen LogP contribution in [0.25, 0.3) is 0 Å². The Morgan fingerprint density at radius 2 is 2.05 bits per heavy atom. The minimum absolute atomic E-state index is 0.686. The highest BCUT2D eigenvalue weighted by molar-refractivity contribution is 7.09. The van der Waals surface area contributed by atoms with Crippen LogP contribution in [0.5, 0.6) is 0 Å². The van der Waals surface area contributed by atoms with E-state index in [9.17, 15) is 0 Å². The summed E-state index contributed by atoms with van der Waals surface area (Å²) >= 11 is 1.73. The molecule has 21 heavy (non-hydrogen) atoms. The van der Waals surface area contributed by atoms with Gasteiger partial charge in [-0.05, 0) is 17.5 Å². The molecule has 2 aromatic rings. The first-order chi connectivity index (χ1) is 10.2. The molecule has 0 aliphatic heterocycles. The zero-order chi connectivity index (χ0) is 15.1. The van der Waals surface area contributed by atoms with Crippen LogP contribution in [0.3, 0.4) is 0 Å². The van der Waals surface area contributed by atoms with Gasteiger partial charge >= 0.3 is 0 Å². The van der Waals surface area contributed by atoms with Crippen LogP contribution < -0.4 is 15.5 Å². The fourth-order valence-corrected chi connectivity index (χ4v) is 2.60. The average Bonchev–Trinajstić information content (AvgIpc) is 3.01. The first-order valence-corrected chi connectivity index (χ1v) is 7.67. The highest BCUT2D eigenvalue weighted by Gasteiger charge is 2.06. The minimum atomic E-state index is 0.686. The number of hydrogen-bond donors (Lipinski definition) is 2. The topological polar surface area (TPSA) is 52.6 Å². The highest BCUT2D eigenvalue weighted by atomic mass is 32.1. The van der Waals surface area contributed by atoms with Crippen LogP contribution >= 0.6 is 11.3 Å². The molecule has 6 heteroatoms. The van der Waals surface area contributed by atoms with Gasteiger partial charge in [-0.15, -0.1) is 11.3 Å². The smallest absolute Gasteiger partial charge is 0.191 e. The van der Waals surface area contributed by atoms with Crippen molar-refractivity contribution in [2.24, 2.45) is 4.99 Å². The van der Waals surface area contributed by atoms with Crippen molar-refractivity contribution in [1.29, 1.82) is 0 Å². The second-order valence-electron chi connectivity index (χ2n) is 4.74. The number of guanidine groups is 1. The molecule has 0 fully saturated rings. The van der Waals surface area contributed by atoms with Crippen LogP contribution in [0.15, 0.2) is 40.8 Å². The van der Waals surface area contributed by atoms with E-state index in [4.69, 9.17) is 0 Å². The van der Waals surface area contributed by atoms with Gasteiger partial charge in [-0.3, -0.25) is 4.99 Å². The second-order valence-corrected chi connectivity index (χ2v) is 5.77. The predicted molar refractivity (Wildman–Crippen MR) is 89.9 cm³/mol. The standard InChI is InChI=1S/C15H21N5S/c1-16-15(19-11-13-7-5-9-21-13)18-10-12-6-4-8-17-14(12)20(2)3/h4-9H,10-11H2,1-3H3,(H2,16,18,19). The highest BCUT2D eigenvalue weighted by Crippen LogP contribution is 2.13. The first-order valence-electron chi connectivity index (χ1n) is 6.79. The van der Waals surface area contributed by atoms with Crippen molar-refractivity contribution in [2.45, 2.75) is 13.1 Å². The van der Waals surface area contributed by atoms with Crippen LogP contribution in [0, 0.1) is 0 Å². The molecule has 0 saturated carbocycles. The van der Waals surface area contributed by atoms with Gasteiger partial charge in [0.15, 0.2) is 5.96 Å². The Morgan fingerprint density at radius 1 is 1.24 bits per heavy atom. The monoisotopic (exact) mass is 303 g/mol. The maximum atomic E-state index is 4.40. The fourth-order valence-electron chi connectivity index (χ4n) is 1.95. The third-order valence-corrected chi connectivity index (χ3v) is 3.85. The van der Waals surface area contributed by atoms with Crippen molar-refractivity contribution in [3.8, 4) is 0 Å². The molecule has 2 aromatic heterocycles. The van der Waals surface area contributed by atoms with Crippen molar-refractivity contribution in [3.05, 3.63) is 46.3 Å². The van der Waals surface area contributed by atoms with Crippen LogP contribution in [0.2, 0.25) is 0 Å². The van der Waals surface area contributed by atoms with Gasteiger partial charge in [0.2, 0.25) is 0 Å². The Morgan fingerprint density at radius 3 is 2.71 bits per heavy atom. The molecule has 2 rings (SSSR count). The Hall–Kier alpha value is -2.08. The Labute approximate surface area is 129 Å². The number of hydrogen-bond acceptors (Lipinski definition) is 4. The van der Waals surface area contributed by atoms with Gasteiger partial charge in [-0.25, -0.2) is 4.98 Å². The molecule has 0 aliphatic rings. The number of rotatable bonds is 5. The molecule has 0 bridgehead atoms. The van der Waals surface area contributed by atoms with Gasteiger partial charge in [-0.2, -0.15) is 0 Å². The Kier molecular flexibility index (Phi) is 5.57. The molecule has 0 radical (unpaired) electrons. The van der Waals surface area contributed by atoms with Gasteiger partial charge in [0.1, 0.15) is 5.82 Å². The Bertz CT molecular complexity index is 578. The second kappa shape index (κ2) is 7.64. The first kappa shape index (κ1) is 15.3. The molecule has 0 aromatic carbocycles. The molecule has 2 N–H and O–H groups in total. The third kappa shape index (κ3) is 4.46. The van der Waals surface area contributed by atoms with Gasteiger partial charge in [0, 0.05) is 44.3 Å². The normalized spacial score (nSPS) is 11.3. The van der Waals surface area contributed by atoms with Crippen LogP contribution in [0.4, 0.5) is 5.82 Å². The molecule has 0 unspecified atom stereocenters.